The lowest BCUT2D eigenvalue weighted by Gasteiger charge is -2.11. The molecule has 0 fully saturated rings. The summed E-state index contributed by atoms with van der Waals surface area (Å²) in [6.45, 7) is 4.42. The molecule has 82 valence electrons. The second-order valence-corrected chi connectivity index (χ2v) is 4.50. The van der Waals surface area contributed by atoms with Gasteiger partial charge >= 0.3 is 0 Å². The third-order valence-corrected chi connectivity index (χ3v) is 3.03. The fourth-order valence-electron chi connectivity index (χ4n) is 1.98. The summed E-state index contributed by atoms with van der Waals surface area (Å²) < 4.78 is 0. The zero-order valence-corrected chi connectivity index (χ0v) is 9.98. The van der Waals surface area contributed by atoms with Crippen LogP contribution in [0.1, 0.15) is 29.5 Å². The van der Waals surface area contributed by atoms with Crippen molar-refractivity contribution in [3.05, 3.63) is 71.3 Å². The Balaban J connectivity index is 2.08. The molecule has 2 rings (SSSR count). The molecule has 16 heavy (non-hydrogen) atoms. The van der Waals surface area contributed by atoms with Crippen molar-refractivity contribution in [2.75, 3.05) is 0 Å². The van der Waals surface area contributed by atoms with E-state index in [1.807, 2.05) is 0 Å². The Hall–Kier alpha value is -1.56. The summed E-state index contributed by atoms with van der Waals surface area (Å²) in [5, 5.41) is 0. The Morgan fingerprint density at radius 2 is 1.50 bits per heavy atom. The average Bonchev–Trinajstić information content (AvgIpc) is 2.33. The van der Waals surface area contributed by atoms with Crippen LogP contribution in [0.3, 0.4) is 0 Å². The molecule has 1 atom stereocenters. The van der Waals surface area contributed by atoms with E-state index in [1.54, 1.807) is 0 Å². The van der Waals surface area contributed by atoms with Gasteiger partial charge in [-0.05, 0) is 30.4 Å². The maximum atomic E-state index is 2.29. The maximum absolute atomic E-state index is 2.29. The van der Waals surface area contributed by atoms with Gasteiger partial charge in [-0.2, -0.15) is 0 Å². The molecule has 0 amide bonds. The van der Waals surface area contributed by atoms with Gasteiger partial charge in [0, 0.05) is 0 Å². The Labute approximate surface area is 97.9 Å². The van der Waals surface area contributed by atoms with E-state index in [-0.39, 0.29) is 0 Å². The minimum absolute atomic E-state index is 0.587. The van der Waals surface area contributed by atoms with Crippen LogP contribution in [0.4, 0.5) is 0 Å². The first-order chi connectivity index (χ1) is 7.75. The van der Waals surface area contributed by atoms with E-state index in [0.717, 1.165) is 6.42 Å². The molecule has 2 aromatic carbocycles. The average molecular weight is 210 g/mol. The van der Waals surface area contributed by atoms with Crippen LogP contribution >= 0.6 is 0 Å². The molecular weight excluding hydrogens is 192 g/mol. The van der Waals surface area contributed by atoms with Gasteiger partial charge in [-0.1, -0.05) is 67.1 Å². The van der Waals surface area contributed by atoms with Gasteiger partial charge in [0.15, 0.2) is 0 Å². The minimum Gasteiger partial charge on any atom is -0.0622 e. The zero-order chi connectivity index (χ0) is 11.4. The quantitative estimate of drug-likeness (QED) is 0.707. The lowest BCUT2D eigenvalue weighted by molar-refractivity contribution is 0.759. The number of hydrogen-bond donors (Lipinski definition) is 0. The van der Waals surface area contributed by atoms with Gasteiger partial charge in [0.2, 0.25) is 0 Å². The SMILES string of the molecule is Cc1ccc(C[C@@H](C)c2ccccc2)cc1. The topological polar surface area (TPSA) is 0 Å². The summed E-state index contributed by atoms with van der Waals surface area (Å²) in [4.78, 5) is 0. The molecule has 0 nitrogen and oxygen atoms in total. The van der Waals surface area contributed by atoms with Crippen molar-refractivity contribution in [2.45, 2.75) is 26.2 Å². The van der Waals surface area contributed by atoms with Crippen LogP contribution < -0.4 is 0 Å². The number of hydrogen-bond acceptors (Lipinski definition) is 0. The second kappa shape index (κ2) is 4.98. The smallest absolute Gasteiger partial charge is 0.0150 e. The van der Waals surface area contributed by atoms with Crippen molar-refractivity contribution < 1.29 is 0 Å². The molecule has 0 heterocycles. The number of benzene rings is 2. The van der Waals surface area contributed by atoms with Crippen molar-refractivity contribution in [3.63, 3.8) is 0 Å². The van der Waals surface area contributed by atoms with Gasteiger partial charge in [0.1, 0.15) is 0 Å². The van der Waals surface area contributed by atoms with Crippen LogP contribution in [0.15, 0.2) is 54.6 Å². The Morgan fingerprint density at radius 3 is 2.12 bits per heavy atom. The Bertz CT molecular complexity index is 425. The molecule has 0 N–H and O–H groups in total. The lowest BCUT2D eigenvalue weighted by Crippen LogP contribution is -1.97. The molecule has 0 radical (unpaired) electrons. The number of rotatable bonds is 3. The lowest BCUT2D eigenvalue weighted by atomic mass is 9.93. The summed E-state index contributed by atoms with van der Waals surface area (Å²) >= 11 is 0. The van der Waals surface area contributed by atoms with E-state index in [9.17, 15) is 0 Å². The fraction of sp³-hybridized carbons (Fsp3) is 0.250. The van der Waals surface area contributed by atoms with Crippen LogP contribution in [0.2, 0.25) is 0 Å². The molecule has 0 saturated heterocycles. The van der Waals surface area contributed by atoms with Crippen molar-refractivity contribution >= 4 is 0 Å². The van der Waals surface area contributed by atoms with Crippen molar-refractivity contribution in [2.24, 2.45) is 0 Å². The van der Waals surface area contributed by atoms with Gasteiger partial charge in [-0.25, -0.2) is 0 Å². The molecule has 0 saturated carbocycles. The molecule has 0 aliphatic carbocycles. The second-order valence-electron chi connectivity index (χ2n) is 4.50. The highest BCUT2D eigenvalue weighted by Gasteiger charge is 2.05. The first-order valence-electron chi connectivity index (χ1n) is 5.86. The van der Waals surface area contributed by atoms with E-state index in [1.165, 1.54) is 16.7 Å². The van der Waals surface area contributed by atoms with Crippen LogP contribution in [-0.4, -0.2) is 0 Å². The van der Waals surface area contributed by atoms with Crippen LogP contribution in [0.25, 0.3) is 0 Å². The highest BCUT2D eigenvalue weighted by molar-refractivity contribution is 5.25. The van der Waals surface area contributed by atoms with Crippen molar-refractivity contribution in [3.8, 4) is 0 Å². The van der Waals surface area contributed by atoms with Crippen LogP contribution in [0.5, 0.6) is 0 Å². The first kappa shape index (κ1) is 10.9. The van der Waals surface area contributed by atoms with Gasteiger partial charge < -0.3 is 0 Å². The normalized spacial score (nSPS) is 12.4. The van der Waals surface area contributed by atoms with Gasteiger partial charge in [-0.15, -0.1) is 0 Å². The molecule has 0 aliphatic rings. The highest BCUT2D eigenvalue weighted by atomic mass is 14.1. The minimum atomic E-state index is 0.587. The highest BCUT2D eigenvalue weighted by Crippen LogP contribution is 2.20. The van der Waals surface area contributed by atoms with Crippen LogP contribution in [-0.2, 0) is 6.42 Å². The summed E-state index contributed by atoms with van der Waals surface area (Å²) in [7, 11) is 0. The largest absolute Gasteiger partial charge is 0.0622 e. The first-order valence-corrected chi connectivity index (χ1v) is 5.86. The molecule has 0 aliphatic heterocycles. The van der Waals surface area contributed by atoms with Crippen LogP contribution in [0, 0.1) is 6.92 Å². The predicted octanol–water partition coefficient (Wildman–Crippen LogP) is 4.34. The van der Waals surface area contributed by atoms with E-state index in [0.29, 0.717) is 5.92 Å². The molecule has 0 aromatic heterocycles. The molecular formula is C16H18. The van der Waals surface area contributed by atoms with E-state index in [2.05, 4.69) is 68.4 Å². The van der Waals surface area contributed by atoms with Gasteiger partial charge in [0.05, 0.1) is 0 Å². The molecule has 0 heteroatoms. The van der Waals surface area contributed by atoms with Crippen molar-refractivity contribution in [1.82, 2.24) is 0 Å². The van der Waals surface area contributed by atoms with E-state index < -0.39 is 0 Å². The van der Waals surface area contributed by atoms with Gasteiger partial charge in [0.25, 0.3) is 0 Å². The maximum Gasteiger partial charge on any atom is -0.0150 e. The monoisotopic (exact) mass is 210 g/mol. The summed E-state index contributed by atoms with van der Waals surface area (Å²) in [6, 6.07) is 19.5. The molecule has 0 unspecified atom stereocenters. The summed E-state index contributed by atoms with van der Waals surface area (Å²) in [6.07, 6.45) is 1.12. The number of aryl methyl sites for hydroxylation is 1. The summed E-state index contributed by atoms with van der Waals surface area (Å²) in [5.41, 5.74) is 4.17. The zero-order valence-electron chi connectivity index (χ0n) is 9.98. The predicted molar refractivity (Wildman–Crippen MR) is 69.7 cm³/mol. The standard InChI is InChI=1S/C16H18/c1-13-8-10-15(11-9-13)12-14(2)16-6-4-3-5-7-16/h3-11,14H,12H2,1-2H3/t14-/m1/s1. The Morgan fingerprint density at radius 1 is 0.875 bits per heavy atom. The van der Waals surface area contributed by atoms with Gasteiger partial charge in [-0.3, -0.25) is 0 Å². The van der Waals surface area contributed by atoms with E-state index in [4.69, 9.17) is 0 Å². The summed E-state index contributed by atoms with van der Waals surface area (Å²) in [5.74, 6) is 0.587. The molecule has 0 bridgehead atoms. The van der Waals surface area contributed by atoms with E-state index >= 15 is 0 Å². The van der Waals surface area contributed by atoms with Crippen molar-refractivity contribution in [1.29, 1.82) is 0 Å². The molecule has 0 spiro atoms. The fourth-order valence-corrected chi connectivity index (χ4v) is 1.98. The Kier molecular flexibility index (Phi) is 3.40. The molecule has 2 aromatic rings. The third kappa shape index (κ3) is 2.73. The third-order valence-electron chi connectivity index (χ3n) is 3.03.